The molecule has 0 spiro atoms. The summed E-state index contributed by atoms with van der Waals surface area (Å²) in [5, 5.41) is 4.21. The maximum absolute atomic E-state index is 5.97. The van der Waals surface area contributed by atoms with Crippen molar-refractivity contribution in [2.45, 2.75) is 25.3 Å². The third-order valence-corrected chi connectivity index (χ3v) is 3.63. The average Bonchev–Trinajstić information content (AvgIpc) is 2.04. The van der Waals surface area contributed by atoms with Crippen molar-refractivity contribution in [1.82, 2.24) is 0 Å². The van der Waals surface area contributed by atoms with E-state index in [4.69, 9.17) is 11.6 Å². The highest BCUT2D eigenvalue weighted by Crippen LogP contribution is 2.28. The predicted molar refractivity (Wildman–Crippen MR) is 60.4 cm³/mol. The van der Waals surface area contributed by atoms with Gasteiger partial charge in [0.1, 0.15) is 0 Å². The van der Waals surface area contributed by atoms with Crippen LogP contribution in [0.1, 0.15) is 19.3 Å². The summed E-state index contributed by atoms with van der Waals surface area (Å²) in [6.45, 7) is 0. The zero-order chi connectivity index (χ0) is 9.26. The topological polar surface area (TPSA) is 12.0 Å². The normalized spacial score (nSPS) is 16.8. The molecule has 1 N–H and O–H groups in total. The first-order chi connectivity index (χ1) is 6.25. The smallest absolute Gasteiger partial charge is 0.0568 e. The van der Waals surface area contributed by atoms with Crippen LogP contribution >= 0.6 is 27.5 Å². The fraction of sp³-hybridized carbons (Fsp3) is 0.400. The SMILES string of the molecule is Clc1cc(NC2CCC2)ccc1Br. The van der Waals surface area contributed by atoms with Crippen molar-refractivity contribution in [3.63, 3.8) is 0 Å². The monoisotopic (exact) mass is 259 g/mol. The summed E-state index contributed by atoms with van der Waals surface area (Å²) in [7, 11) is 0. The van der Waals surface area contributed by atoms with Crippen molar-refractivity contribution >= 4 is 33.2 Å². The van der Waals surface area contributed by atoms with Crippen molar-refractivity contribution in [2.24, 2.45) is 0 Å². The first-order valence-corrected chi connectivity index (χ1v) is 5.64. The molecule has 2 rings (SSSR count). The Bertz CT molecular complexity index is 310. The van der Waals surface area contributed by atoms with Crippen LogP contribution in [-0.2, 0) is 0 Å². The maximum Gasteiger partial charge on any atom is 0.0568 e. The van der Waals surface area contributed by atoms with Crippen LogP contribution in [0.2, 0.25) is 5.02 Å². The van der Waals surface area contributed by atoms with Crippen LogP contribution in [0.5, 0.6) is 0 Å². The number of benzene rings is 1. The molecule has 1 fully saturated rings. The zero-order valence-corrected chi connectivity index (χ0v) is 9.53. The van der Waals surface area contributed by atoms with Gasteiger partial charge in [0.05, 0.1) is 5.02 Å². The molecule has 1 saturated carbocycles. The number of rotatable bonds is 2. The molecule has 1 nitrogen and oxygen atoms in total. The minimum absolute atomic E-state index is 0.664. The van der Waals surface area contributed by atoms with Gasteiger partial charge in [0.25, 0.3) is 0 Å². The van der Waals surface area contributed by atoms with Crippen molar-refractivity contribution in [3.8, 4) is 0 Å². The van der Waals surface area contributed by atoms with Gasteiger partial charge in [-0.1, -0.05) is 11.6 Å². The van der Waals surface area contributed by atoms with Gasteiger partial charge >= 0.3 is 0 Å². The van der Waals surface area contributed by atoms with E-state index in [0.29, 0.717) is 6.04 Å². The summed E-state index contributed by atoms with van der Waals surface area (Å²) >= 11 is 9.34. The third-order valence-electron chi connectivity index (χ3n) is 2.40. The van der Waals surface area contributed by atoms with Crippen LogP contribution in [-0.4, -0.2) is 6.04 Å². The van der Waals surface area contributed by atoms with E-state index in [1.165, 1.54) is 19.3 Å². The van der Waals surface area contributed by atoms with Crippen LogP contribution in [0.4, 0.5) is 5.69 Å². The molecule has 0 unspecified atom stereocenters. The molecular formula is C10H11BrClN. The summed E-state index contributed by atoms with van der Waals surface area (Å²) in [5.41, 5.74) is 1.12. The quantitative estimate of drug-likeness (QED) is 0.845. The molecule has 70 valence electrons. The summed E-state index contributed by atoms with van der Waals surface area (Å²) < 4.78 is 0.952. The Morgan fingerprint density at radius 1 is 1.38 bits per heavy atom. The van der Waals surface area contributed by atoms with E-state index in [9.17, 15) is 0 Å². The van der Waals surface area contributed by atoms with Gasteiger partial charge in [-0.2, -0.15) is 0 Å². The van der Waals surface area contributed by atoms with Gasteiger partial charge < -0.3 is 5.32 Å². The van der Waals surface area contributed by atoms with Crippen LogP contribution in [0, 0.1) is 0 Å². The molecule has 0 heterocycles. The van der Waals surface area contributed by atoms with Crippen molar-refractivity contribution in [1.29, 1.82) is 0 Å². The van der Waals surface area contributed by atoms with Crippen LogP contribution < -0.4 is 5.32 Å². The Morgan fingerprint density at radius 2 is 2.15 bits per heavy atom. The van der Waals surface area contributed by atoms with E-state index in [0.717, 1.165) is 15.2 Å². The molecule has 1 aliphatic carbocycles. The first-order valence-electron chi connectivity index (χ1n) is 4.47. The van der Waals surface area contributed by atoms with Gasteiger partial charge in [-0.05, 0) is 53.4 Å². The Balaban J connectivity index is 2.07. The number of hydrogen-bond acceptors (Lipinski definition) is 1. The lowest BCUT2D eigenvalue weighted by atomic mass is 9.93. The molecule has 3 heteroatoms. The largest absolute Gasteiger partial charge is 0.382 e. The third kappa shape index (κ3) is 2.18. The van der Waals surface area contributed by atoms with E-state index in [-0.39, 0.29) is 0 Å². The highest BCUT2D eigenvalue weighted by molar-refractivity contribution is 9.10. The average molecular weight is 261 g/mol. The number of nitrogens with one attached hydrogen (secondary N) is 1. The molecule has 0 aliphatic heterocycles. The lowest BCUT2D eigenvalue weighted by molar-refractivity contribution is 0.445. The van der Waals surface area contributed by atoms with Crippen molar-refractivity contribution in [2.75, 3.05) is 5.32 Å². The lowest BCUT2D eigenvalue weighted by Crippen LogP contribution is -2.26. The molecule has 0 amide bonds. The maximum atomic E-state index is 5.97. The molecule has 1 aromatic rings. The van der Waals surface area contributed by atoms with Gasteiger partial charge in [0.2, 0.25) is 0 Å². The van der Waals surface area contributed by atoms with Crippen LogP contribution in [0.3, 0.4) is 0 Å². The summed E-state index contributed by atoms with van der Waals surface area (Å²) in [4.78, 5) is 0. The fourth-order valence-corrected chi connectivity index (χ4v) is 1.80. The molecule has 0 saturated heterocycles. The molecule has 1 aliphatic rings. The van der Waals surface area contributed by atoms with E-state index < -0.39 is 0 Å². The zero-order valence-electron chi connectivity index (χ0n) is 7.19. The second kappa shape index (κ2) is 3.89. The number of anilines is 1. The molecule has 0 bridgehead atoms. The fourth-order valence-electron chi connectivity index (χ4n) is 1.37. The van der Waals surface area contributed by atoms with Crippen molar-refractivity contribution in [3.05, 3.63) is 27.7 Å². The molecule has 0 atom stereocenters. The summed E-state index contributed by atoms with van der Waals surface area (Å²) in [5.74, 6) is 0. The van der Waals surface area contributed by atoms with E-state index in [1.807, 2.05) is 18.2 Å². The highest BCUT2D eigenvalue weighted by atomic mass is 79.9. The van der Waals surface area contributed by atoms with Gasteiger partial charge in [-0.25, -0.2) is 0 Å². The number of hydrogen-bond donors (Lipinski definition) is 1. The van der Waals surface area contributed by atoms with Gasteiger partial charge in [-0.15, -0.1) is 0 Å². The summed E-state index contributed by atoms with van der Waals surface area (Å²) in [6.07, 6.45) is 3.92. The molecule has 13 heavy (non-hydrogen) atoms. The molecule has 0 radical (unpaired) electrons. The highest BCUT2D eigenvalue weighted by Gasteiger charge is 2.16. The minimum Gasteiger partial charge on any atom is -0.382 e. The van der Waals surface area contributed by atoms with Crippen molar-refractivity contribution < 1.29 is 0 Å². The van der Waals surface area contributed by atoms with E-state index >= 15 is 0 Å². The Morgan fingerprint density at radius 3 is 2.69 bits per heavy atom. The van der Waals surface area contributed by atoms with Gasteiger partial charge in [0, 0.05) is 16.2 Å². The lowest BCUT2D eigenvalue weighted by Gasteiger charge is -2.27. The molecule has 0 aromatic heterocycles. The second-order valence-electron chi connectivity index (χ2n) is 3.40. The van der Waals surface area contributed by atoms with Gasteiger partial charge in [-0.3, -0.25) is 0 Å². The van der Waals surface area contributed by atoms with Crippen LogP contribution in [0.15, 0.2) is 22.7 Å². The molecular weight excluding hydrogens is 249 g/mol. The second-order valence-corrected chi connectivity index (χ2v) is 4.66. The first kappa shape index (κ1) is 9.35. The minimum atomic E-state index is 0.664. The van der Waals surface area contributed by atoms with E-state index in [2.05, 4.69) is 21.2 Å². The Kier molecular flexibility index (Phi) is 2.80. The Hall–Kier alpha value is -0.210. The summed E-state index contributed by atoms with van der Waals surface area (Å²) in [6, 6.07) is 6.65. The predicted octanol–water partition coefficient (Wildman–Crippen LogP) is 4.07. The Labute approximate surface area is 91.6 Å². The standard InChI is InChI=1S/C10H11BrClN/c11-9-5-4-8(6-10(9)12)13-7-2-1-3-7/h4-7,13H,1-3H2. The molecule has 1 aromatic carbocycles. The van der Waals surface area contributed by atoms with E-state index in [1.54, 1.807) is 0 Å². The van der Waals surface area contributed by atoms with Gasteiger partial charge in [0.15, 0.2) is 0 Å². The number of halogens is 2. The van der Waals surface area contributed by atoms with Crippen LogP contribution in [0.25, 0.3) is 0 Å².